The first-order valence-corrected chi connectivity index (χ1v) is 9.34. The van der Waals surface area contributed by atoms with Crippen molar-refractivity contribution in [1.29, 1.82) is 0 Å². The minimum Gasteiger partial charge on any atom is -0.372 e. The number of hydrogen-bond acceptors (Lipinski definition) is 4. The van der Waals surface area contributed by atoms with Gasteiger partial charge >= 0.3 is 6.03 Å². The first-order chi connectivity index (χ1) is 13.5. The lowest BCUT2D eigenvalue weighted by atomic mass is 10.1. The number of amides is 3. The van der Waals surface area contributed by atoms with Gasteiger partial charge in [0.05, 0.1) is 18.8 Å². The lowest BCUT2D eigenvalue weighted by molar-refractivity contribution is -0.0537. The highest BCUT2D eigenvalue weighted by Gasteiger charge is 2.29. The lowest BCUT2D eigenvalue weighted by Crippen LogP contribution is -2.52. The van der Waals surface area contributed by atoms with E-state index in [9.17, 15) is 9.59 Å². The Morgan fingerprint density at radius 3 is 2.25 bits per heavy atom. The van der Waals surface area contributed by atoms with Gasteiger partial charge in [-0.3, -0.25) is 15.1 Å². The summed E-state index contributed by atoms with van der Waals surface area (Å²) in [5, 5.41) is 0. The van der Waals surface area contributed by atoms with Crippen LogP contribution in [0.25, 0.3) is 0 Å². The van der Waals surface area contributed by atoms with E-state index in [2.05, 4.69) is 5.43 Å². The van der Waals surface area contributed by atoms with Gasteiger partial charge in [-0.05, 0) is 43.7 Å². The van der Waals surface area contributed by atoms with Crippen LogP contribution in [0.3, 0.4) is 0 Å². The summed E-state index contributed by atoms with van der Waals surface area (Å²) in [4.78, 5) is 28.5. The molecule has 1 aliphatic heterocycles. The second kappa shape index (κ2) is 8.86. The molecule has 1 fully saturated rings. The molecule has 0 saturated carbocycles. The Morgan fingerprint density at radius 2 is 1.68 bits per heavy atom. The van der Waals surface area contributed by atoms with Crippen molar-refractivity contribution >= 4 is 17.6 Å². The molecule has 28 heavy (non-hydrogen) atoms. The molecule has 0 unspecified atom stereocenters. The van der Waals surface area contributed by atoms with Gasteiger partial charge in [-0.15, -0.1) is 0 Å². The van der Waals surface area contributed by atoms with Crippen molar-refractivity contribution in [3.05, 3.63) is 65.7 Å². The summed E-state index contributed by atoms with van der Waals surface area (Å²) < 4.78 is 5.76. The Labute approximate surface area is 165 Å². The minimum atomic E-state index is -0.348. The molecule has 1 saturated heterocycles. The number of carbonyl (C=O) groups excluding carboxylic acids is 2. The number of morpholine rings is 1. The molecule has 3 amide bonds. The van der Waals surface area contributed by atoms with Gasteiger partial charge in [-0.25, -0.2) is 10.6 Å². The van der Waals surface area contributed by atoms with Gasteiger partial charge in [-0.1, -0.05) is 30.3 Å². The number of nitrogens with zero attached hydrogens (tertiary/aromatic N) is 2. The first kappa shape index (κ1) is 19.9. The van der Waals surface area contributed by atoms with Crippen LogP contribution in [0.15, 0.2) is 54.6 Å². The molecule has 0 aromatic heterocycles. The Kier molecular flexibility index (Phi) is 6.28. The summed E-state index contributed by atoms with van der Waals surface area (Å²) in [6, 6.07) is 16.6. The zero-order chi connectivity index (χ0) is 20.1. The molecule has 7 nitrogen and oxygen atoms in total. The Hall–Kier alpha value is -2.90. The van der Waals surface area contributed by atoms with Crippen LogP contribution >= 0.6 is 0 Å². The summed E-state index contributed by atoms with van der Waals surface area (Å²) in [5.74, 6) is 4.83. The van der Waals surface area contributed by atoms with E-state index in [0.29, 0.717) is 25.2 Å². The molecule has 148 valence electrons. The third-order valence-electron chi connectivity index (χ3n) is 4.68. The largest absolute Gasteiger partial charge is 0.372 e. The average Bonchev–Trinajstić information content (AvgIpc) is 2.71. The van der Waals surface area contributed by atoms with Crippen LogP contribution in [0.4, 0.5) is 10.5 Å². The Bertz CT molecular complexity index is 800. The molecule has 0 radical (unpaired) electrons. The van der Waals surface area contributed by atoms with Gasteiger partial charge in [0.15, 0.2) is 0 Å². The Morgan fingerprint density at radius 1 is 1.07 bits per heavy atom. The summed E-state index contributed by atoms with van der Waals surface area (Å²) in [6.45, 7) is 5.46. The first-order valence-electron chi connectivity index (χ1n) is 9.34. The van der Waals surface area contributed by atoms with Crippen LogP contribution in [0.5, 0.6) is 0 Å². The number of hydrogen-bond donors (Lipinski definition) is 2. The highest BCUT2D eigenvalue weighted by Crippen LogP contribution is 2.21. The van der Waals surface area contributed by atoms with Crippen molar-refractivity contribution in [1.82, 2.24) is 10.3 Å². The minimum absolute atomic E-state index is 0.000572. The van der Waals surface area contributed by atoms with Crippen molar-refractivity contribution in [2.75, 3.05) is 18.0 Å². The third kappa shape index (κ3) is 4.68. The molecule has 2 atom stereocenters. The van der Waals surface area contributed by atoms with E-state index in [1.807, 2.05) is 61.2 Å². The quantitative estimate of drug-likeness (QED) is 0.483. The van der Waals surface area contributed by atoms with Gasteiger partial charge in [0.1, 0.15) is 0 Å². The predicted octanol–water partition coefficient (Wildman–Crippen LogP) is 2.53. The number of para-hydroxylation sites is 1. The van der Waals surface area contributed by atoms with E-state index in [1.54, 1.807) is 17.0 Å². The molecule has 7 heteroatoms. The number of rotatable bonds is 4. The zero-order valence-corrected chi connectivity index (χ0v) is 16.2. The third-order valence-corrected chi connectivity index (χ3v) is 4.68. The van der Waals surface area contributed by atoms with Crippen LogP contribution in [0.2, 0.25) is 0 Å². The second-order valence-electron chi connectivity index (χ2n) is 7.04. The van der Waals surface area contributed by atoms with Crippen molar-refractivity contribution in [3.63, 3.8) is 0 Å². The monoisotopic (exact) mass is 382 g/mol. The molecule has 1 aliphatic rings. The Balaban J connectivity index is 1.83. The number of benzene rings is 2. The molecule has 3 rings (SSSR count). The molecule has 0 spiro atoms. The molecule has 1 heterocycles. The van der Waals surface area contributed by atoms with E-state index < -0.39 is 0 Å². The average molecular weight is 382 g/mol. The van der Waals surface area contributed by atoms with Gasteiger partial charge in [0, 0.05) is 24.3 Å². The predicted molar refractivity (Wildman–Crippen MR) is 108 cm³/mol. The fourth-order valence-corrected chi connectivity index (χ4v) is 3.41. The normalized spacial score (nSPS) is 19.2. The summed E-state index contributed by atoms with van der Waals surface area (Å²) in [5.41, 5.74) is 4.33. The number of urea groups is 1. The zero-order valence-electron chi connectivity index (χ0n) is 16.2. The topological polar surface area (TPSA) is 87.9 Å². The van der Waals surface area contributed by atoms with Gasteiger partial charge in [0.25, 0.3) is 5.91 Å². The van der Waals surface area contributed by atoms with Gasteiger partial charge in [-0.2, -0.15) is 0 Å². The number of nitrogens with two attached hydrogens (primary N) is 1. The summed E-state index contributed by atoms with van der Waals surface area (Å²) >= 11 is 0. The van der Waals surface area contributed by atoms with Gasteiger partial charge < -0.3 is 9.64 Å². The fraction of sp³-hybridized carbons (Fsp3) is 0.333. The SMILES string of the molecule is C[C@@H]1CN(C(=O)N(Cc2ccc(C(=O)NN)cc2)c2ccccc2)C[C@H](C)O1. The van der Waals surface area contributed by atoms with Crippen molar-refractivity contribution in [3.8, 4) is 0 Å². The lowest BCUT2D eigenvalue weighted by Gasteiger charge is -2.38. The number of anilines is 1. The van der Waals surface area contributed by atoms with E-state index in [-0.39, 0.29) is 24.1 Å². The van der Waals surface area contributed by atoms with E-state index >= 15 is 0 Å². The van der Waals surface area contributed by atoms with E-state index in [0.717, 1.165) is 11.3 Å². The fourth-order valence-electron chi connectivity index (χ4n) is 3.41. The second-order valence-corrected chi connectivity index (χ2v) is 7.04. The van der Waals surface area contributed by atoms with Crippen LogP contribution in [0.1, 0.15) is 29.8 Å². The smallest absolute Gasteiger partial charge is 0.324 e. The molecular weight excluding hydrogens is 356 g/mol. The van der Waals surface area contributed by atoms with Crippen LogP contribution in [0, 0.1) is 0 Å². The maximum absolute atomic E-state index is 13.3. The van der Waals surface area contributed by atoms with Crippen LogP contribution < -0.4 is 16.2 Å². The van der Waals surface area contributed by atoms with Crippen molar-refractivity contribution in [2.24, 2.45) is 5.84 Å². The molecule has 0 bridgehead atoms. The number of nitrogens with one attached hydrogen (secondary N) is 1. The molecule has 2 aromatic rings. The molecule has 2 aromatic carbocycles. The number of hydrazine groups is 1. The summed E-state index contributed by atoms with van der Waals surface area (Å²) in [6.07, 6.45) is -0.00114. The van der Waals surface area contributed by atoms with Crippen molar-refractivity contribution in [2.45, 2.75) is 32.6 Å². The standard InChI is InChI=1S/C21H26N4O3/c1-15-12-24(13-16(2)28-15)21(27)25(19-6-4-3-5-7-19)14-17-8-10-18(11-9-17)20(26)23-22/h3-11,15-16H,12-14,22H2,1-2H3,(H,23,26)/t15-,16+. The van der Waals surface area contributed by atoms with E-state index in [4.69, 9.17) is 10.6 Å². The highest BCUT2D eigenvalue weighted by atomic mass is 16.5. The van der Waals surface area contributed by atoms with Crippen LogP contribution in [-0.2, 0) is 11.3 Å². The van der Waals surface area contributed by atoms with Gasteiger partial charge in [0.2, 0.25) is 0 Å². The molecular formula is C21H26N4O3. The van der Waals surface area contributed by atoms with E-state index in [1.165, 1.54) is 0 Å². The van der Waals surface area contributed by atoms with Crippen LogP contribution in [-0.4, -0.2) is 42.1 Å². The number of nitrogen functional groups attached to an aromatic ring is 1. The molecule has 3 N–H and O–H groups in total. The highest BCUT2D eigenvalue weighted by molar-refractivity contribution is 5.94. The number of ether oxygens (including phenoxy) is 1. The molecule has 0 aliphatic carbocycles. The van der Waals surface area contributed by atoms with Crippen molar-refractivity contribution < 1.29 is 14.3 Å². The summed E-state index contributed by atoms with van der Waals surface area (Å²) in [7, 11) is 0. The maximum atomic E-state index is 13.3. The maximum Gasteiger partial charge on any atom is 0.324 e. The number of carbonyl (C=O) groups is 2.